The Morgan fingerprint density at radius 2 is 1.82 bits per heavy atom. The second-order valence-corrected chi connectivity index (χ2v) is 5.48. The highest BCUT2D eigenvalue weighted by Gasteiger charge is 2.34. The predicted octanol–water partition coefficient (Wildman–Crippen LogP) is 2.00. The highest BCUT2D eigenvalue weighted by atomic mass is 16.5. The number of nitrogens with one attached hydrogen (secondary N) is 1. The van der Waals surface area contributed by atoms with Gasteiger partial charge in [-0.15, -0.1) is 0 Å². The molecule has 2 atom stereocenters. The Bertz CT molecular complexity index is 584. The van der Waals surface area contributed by atoms with Crippen molar-refractivity contribution in [1.29, 1.82) is 0 Å². The first kappa shape index (κ1) is 16.1. The molecule has 6 nitrogen and oxygen atoms in total. The summed E-state index contributed by atoms with van der Waals surface area (Å²) in [5, 5.41) is 12.0. The van der Waals surface area contributed by atoms with Gasteiger partial charge in [0.05, 0.1) is 20.1 Å². The van der Waals surface area contributed by atoms with E-state index in [1.54, 1.807) is 19.1 Å². The number of aryl methyl sites for hydroxylation is 1. The Hall–Kier alpha value is -2.24. The number of methoxy groups -OCH3 is 2. The van der Waals surface area contributed by atoms with Gasteiger partial charge in [0.2, 0.25) is 0 Å². The molecule has 2 N–H and O–H groups in total. The van der Waals surface area contributed by atoms with Gasteiger partial charge in [-0.05, 0) is 37.5 Å². The molecule has 0 radical (unpaired) electrons. The lowest BCUT2D eigenvalue weighted by molar-refractivity contribution is -0.142. The number of ether oxygens (including phenoxy) is 2. The Morgan fingerprint density at radius 1 is 1.18 bits per heavy atom. The molecule has 1 aliphatic carbocycles. The zero-order chi connectivity index (χ0) is 16.3. The van der Waals surface area contributed by atoms with Crippen LogP contribution in [0.25, 0.3) is 0 Å². The van der Waals surface area contributed by atoms with E-state index in [0.717, 1.165) is 12.0 Å². The summed E-state index contributed by atoms with van der Waals surface area (Å²) in [6.45, 7) is 1.81. The van der Waals surface area contributed by atoms with E-state index in [0.29, 0.717) is 29.9 Å². The van der Waals surface area contributed by atoms with Crippen LogP contribution < -0.4 is 14.8 Å². The lowest BCUT2D eigenvalue weighted by Gasteiger charge is -2.19. The monoisotopic (exact) mass is 307 g/mol. The molecule has 0 spiro atoms. The van der Waals surface area contributed by atoms with Crippen molar-refractivity contribution < 1.29 is 24.2 Å². The minimum Gasteiger partial charge on any atom is -0.493 e. The molecule has 6 heteroatoms. The third-order valence-corrected chi connectivity index (χ3v) is 4.12. The van der Waals surface area contributed by atoms with Crippen LogP contribution in [0.2, 0.25) is 0 Å². The van der Waals surface area contributed by atoms with Crippen LogP contribution in [-0.2, 0) is 4.79 Å². The number of benzene rings is 1. The van der Waals surface area contributed by atoms with Gasteiger partial charge in [-0.1, -0.05) is 6.42 Å². The van der Waals surface area contributed by atoms with Gasteiger partial charge in [0.1, 0.15) is 0 Å². The summed E-state index contributed by atoms with van der Waals surface area (Å²) >= 11 is 0. The van der Waals surface area contributed by atoms with Gasteiger partial charge in [0.25, 0.3) is 5.91 Å². The molecule has 0 saturated heterocycles. The summed E-state index contributed by atoms with van der Waals surface area (Å²) in [4.78, 5) is 23.7. The van der Waals surface area contributed by atoms with Crippen molar-refractivity contribution in [2.75, 3.05) is 14.2 Å². The first-order valence-electron chi connectivity index (χ1n) is 7.24. The van der Waals surface area contributed by atoms with E-state index < -0.39 is 11.9 Å². The number of hydrogen-bond acceptors (Lipinski definition) is 4. The van der Waals surface area contributed by atoms with Crippen molar-refractivity contribution >= 4 is 11.9 Å². The normalized spacial score (nSPS) is 20.5. The SMILES string of the molecule is COc1cc(C)c(C(=O)N[C@@H]2CCC[C@@H]2C(=O)O)cc1OC. The van der Waals surface area contributed by atoms with Crippen molar-refractivity contribution in [2.45, 2.75) is 32.2 Å². The first-order chi connectivity index (χ1) is 10.5. The van der Waals surface area contributed by atoms with E-state index in [9.17, 15) is 14.7 Å². The average molecular weight is 307 g/mol. The van der Waals surface area contributed by atoms with E-state index in [2.05, 4.69) is 5.32 Å². The second-order valence-electron chi connectivity index (χ2n) is 5.48. The molecule has 1 aromatic carbocycles. The molecule has 1 aromatic rings. The third kappa shape index (κ3) is 3.16. The molecule has 1 saturated carbocycles. The molecule has 0 aromatic heterocycles. The van der Waals surface area contributed by atoms with Crippen LogP contribution >= 0.6 is 0 Å². The molecular formula is C16H21NO5. The quantitative estimate of drug-likeness (QED) is 0.869. The van der Waals surface area contributed by atoms with E-state index in [1.165, 1.54) is 14.2 Å². The van der Waals surface area contributed by atoms with Crippen LogP contribution in [0.15, 0.2) is 12.1 Å². The van der Waals surface area contributed by atoms with Gasteiger partial charge in [0, 0.05) is 11.6 Å². The average Bonchev–Trinajstić information content (AvgIpc) is 2.94. The van der Waals surface area contributed by atoms with Gasteiger partial charge >= 0.3 is 5.97 Å². The molecule has 0 aliphatic heterocycles. The molecule has 22 heavy (non-hydrogen) atoms. The Labute approximate surface area is 129 Å². The molecule has 1 amide bonds. The molecule has 120 valence electrons. The number of carboxylic acids is 1. The van der Waals surface area contributed by atoms with Crippen LogP contribution in [0, 0.1) is 12.8 Å². The molecule has 0 bridgehead atoms. The maximum absolute atomic E-state index is 12.5. The lowest BCUT2D eigenvalue weighted by atomic mass is 10.0. The first-order valence-corrected chi connectivity index (χ1v) is 7.24. The summed E-state index contributed by atoms with van der Waals surface area (Å²) < 4.78 is 10.4. The zero-order valence-electron chi connectivity index (χ0n) is 13.0. The van der Waals surface area contributed by atoms with E-state index in [1.807, 2.05) is 0 Å². The molecule has 0 heterocycles. The topological polar surface area (TPSA) is 84.9 Å². The number of carbonyl (C=O) groups excluding carboxylic acids is 1. The fraction of sp³-hybridized carbons (Fsp3) is 0.500. The van der Waals surface area contributed by atoms with Gasteiger partial charge in [-0.3, -0.25) is 9.59 Å². The van der Waals surface area contributed by atoms with Crippen molar-refractivity contribution in [3.05, 3.63) is 23.3 Å². The standard InChI is InChI=1S/C16H21NO5/c1-9-7-13(21-2)14(22-3)8-11(9)15(18)17-12-6-4-5-10(12)16(19)20/h7-8,10,12H,4-6H2,1-3H3,(H,17,18)(H,19,20)/t10-,12+/m0/s1. The van der Waals surface area contributed by atoms with Crippen LogP contribution in [-0.4, -0.2) is 37.2 Å². The predicted molar refractivity (Wildman–Crippen MR) is 80.5 cm³/mol. The largest absolute Gasteiger partial charge is 0.493 e. The second kappa shape index (κ2) is 6.68. The van der Waals surface area contributed by atoms with Crippen LogP contribution in [0.3, 0.4) is 0 Å². The summed E-state index contributed by atoms with van der Waals surface area (Å²) in [6.07, 6.45) is 2.10. The Morgan fingerprint density at radius 3 is 2.41 bits per heavy atom. The number of carbonyl (C=O) groups is 2. The van der Waals surface area contributed by atoms with Gasteiger partial charge in [-0.2, -0.15) is 0 Å². The number of aliphatic carboxylic acids is 1. The maximum Gasteiger partial charge on any atom is 0.308 e. The summed E-state index contributed by atoms with van der Waals surface area (Å²) in [7, 11) is 3.04. The summed E-state index contributed by atoms with van der Waals surface area (Å²) in [5.41, 5.74) is 1.22. The van der Waals surface area contributed by atoms with Gasteiger partial charge in [-0.25, -0.2) is 0 Å². The zero-order valence-corrected chi connectivity index (χ0v) is 13.0. The number of hydrogen-bond donors (Lipinski definition) is 2. The fourth-order valence-corrected chi connectivity index (χ4v) is 2.90. The summed E-state index contributed by atoms with van der Waals surface area (Å²) in [5.74, 6) is -0.617. The minimum absolute atomic E-state index is 0.281. The molecule has 2 rings (SSSR count). The van der Waals surface area contributed by atoms with Crippen molar-refractivity contribution in [1.82, 2.24) is 5.32 Å². The van der Waals surface area contributed by atoms with E-state index in [4.69, 9.17) is 9.47 Å². The fourth-order valence-electron chi connectivity index (χ4n) is 2.90. The van der Waals surface area contributed by atoms with Crippen LogP contribution in [0.1, 0.15) is 35.2 Å². The smallest absolute Gasteiger partial charge is 0.308 e. The van der Waals surface area contributed by atoms with Gasteiger partial charge in [0.15, 0.2) is 11.5 Å². The lowest BCUT2D eigenvalue weighted by Crippen LogP contribution is -2.40. The van der Waals surface area contributed by atoms with Crippen LogP contribution in [0.4, 0.5) is 0 Å². The van der Waals surface area contributed by atoms with Gasteiger partial charge < -0.3 is 19.9 Å². The number of carboxylic acid groups (broad SMARTS) is 1. The molecule has 1 fully saturated rings. The Balaban J connectivity index is 2.21. The number of amides is 1. The molecule has 0 unspecified atom stereocenters. The van der Waals surface area contributed by atoms with Crippen molar-refractivity contribution in [3.63, 3.8) is 0 Å². The van der Waals surface area contributed by atoms with Crippen molar-refractivity contribution in [2.24, 2.45) is 5.92 Å². The maximum atomic E-state index is 12.5. The van der Waals surface area contributed by atoms with E-state index >= 15 is 0 Å². The number of rotatable bonds is 5. The third-order valence-electron chi connectivity index (χ3n) is 4.12. The molecule has 1 aliphatic rings. The van der Waals surface area contributed by atoms with E-state index in [-0.39, 0.29) is 11.9 Å². The molecular weight excluding hydrogens is 286 g/mol. The van der Waals surface area contributed by atoms with Crippen molar-refractivity contribution in [3.8, 4) is 11.5 Å². The Kier molecular flexibility index (Phi) is 4.90. The van der Waals surface area contributed by atoms with Crippen LogP contribution in [0.5, 0.6) is 11.5 Å². The highest BCUT2D eigenvalue weighted by molar-refractivity contribution is 5.97. The summed E-state index contributed by atoms with van der Waals surface area (Å²) in [6, 6.07) is 3.03. The highest BCUT2D eigenvalue weighted by Crippen LogP contribution is 2.31. The minimum atomic E-state index is -0.855.